The molecule has 112 valence electrons. The van der Waals surface area contributed by atoms with Crippen molar-refractivity contribution in [1.29, 1.82) is 0 Å². The summed E-state index contributed by atoms with van der Waals surface area (Å²) in [6, 6.07) is 5.34. The normalized spacial score (nSPS) is 12.2. The van der Waals surface area contributed by atoms with Crippen LogP contribution in [0.25, 0.3) is 0 Å². The lowest BCUT2D eigenvalue weighted by molar-refractivity contribution is -0.385. The van der Waals surface area contributed by atoms with Crippen LogP contribution in [0.4, 0.5) is 11.4 Å². The maximum Gasteiger partial charge on any atom is 0.333 e. The van der Waals surface area contributed by atoms with E-state index in [0.717, 1.165) is 19.3 Å². The number of rotatable bonds is 8. The Balaban J connectivity index is 2.97. The molecule has 1 rings (SSSR count). The molecule has 0 aliphatic heterocycles. The number of hydrogen-bond acceptors (Lipinski definition) is 4. The largest absolute Gasteiger partial charge is 0.484 e. The molecule has 5 nitrogen and oxygen atoms in total. The summed E-state index contributed by atoms with van der Waals surface area (Å²) in [5, 5.41) is 14.5. The fourth-order valence-electron chi connectivity index (χ4n) is 2.02. The summed E-state index contributed by atoms with van der Waals surface area (Å²) in [5.74, 6) is 0.317. The highest BCUT2D eigenvalue weighted by Crippen LogP contribution is 2.35. The van der Waals surface area contributed by atoms with Crippen LogP contribution in [0, 0.1) is 10.1 Å². The zero-order chi connectivity index (χ0) is 15.1. The summed E-state index contributed by atoms with van der Waals surface area (Å²) in [6.45, 7) is 7.88. The molecule has 0 aliphatic carbocycles. The van der Waals surface area contributed by atoms with E-state index >= 15 is 0 Å². The van der Waals surface area contributed by atoms with Gasteiger partial charge in [-0.3, -0.25) is 10.1 Å². The van der Waals surface area contributed by atoms with Crippen molar-refractivity contribution in [3.8, 4) is 5.75 Å². The van der Waals surface area contributed by atoms with Crippen molar-refractivity contribution < 1.29 is 9.66 Å². The first kappa shape index (κ1) is 16.3. The first-order valence-electron chi connectivity index (χ1n) is 7.16. The molecule has 0 fully saturated rings. The van der Waals surface area contributed by atoms with Gasteiger partial charge in [0.15, 0.2) is 5.75 Å². The molecule has 1 aromatic rings. The highest BCUT2D eigenvalue weighted by Gasteiger charge is 2.22. The Labute approximate surface area is 120 Å². The molecule has 0 bridgehead atoms. The topological polar surface area (TPSA) is 64.4 Å². The number of nitrogens with zero attached hydrogens (tertiary/aromatic N) is 1. The van der Waals surface area contributed by atoms with Crippen LogP contribution in [-0.2, 0) is 0 Å². The predicted octanol–water partition coefficient (Wildman–Crippen LogP) is 4.37. The molecule has 0 aliphatic rings. The molecule has 1 N–H and O–H groups in total. The molecule has 1 atom stereocenters. The van der Waals surface area contributed by atoms with Gasteiger partial charge in [0, 0.05) is 6.04 Å². The zero-order valence-electron chi connectivity index (χ0n) is 12.7. The van der Waals surface area contributed by atoms with Crippen LogP contribution in [0.2, 0.25) is 0 Å². The maximum atomic E-state index is 11.3. The van der Waals surface area contributed by atoms with E-state index in [1.807, 2.05) is 20.8 Å². The number of para-hydroxylation sites is 1. The van der Waals surface area contributed by atoms with Crippen molar-refractivity contribution in [2.24, 2.45) is 0 Å². The molecule has 0 saturated carbocycles. The van der Waals surface area contributed by atoms with Crippen LogP contribution in [0.5, 0.6) is 5.75 Å². The van der Waals surface area contributed by atoms with Gasteiger partial charge in [-0.25, -0.2) is 0 Å². The molecule has 0 heterocycles. The predicted molar refractivity (Wildman–Crippen MR) is 81.5 cm³/mol. The second kappa shape index (κ2) is 7.72. The van der Waals surface area contributed by atoms with E-state index in [0.29, 0.717) is 11.4 Å². The number of nitro groups is 1. The lowest BCUT2D eigenvalue weighted by Crippen LogP contribution is -2.16. The van der Waals surface area contributed by atoms with E-state index in [4.69, 9.17) is 4.74 Å². The molecule has 1 unspecified atom stereocenters. The summed E-state index contributed by atoms with van der Waals surface area (Å²) >= 11 is 0. The molecule has 20 heavy (non-hydrogen) atoms. The molecular formula is C15H24N2O3. The highest BCUT2D eigenvalue weighted by molar-refractivity contribution is 5.68. The summed E-state index contributed by atoms with van der Waals surface area (Å²) in [7, 11) is 0. The van der Waals surface area contributed by atoms with Crippen molar-refractivity contribution in [3.05, 3.63) is 28.3 Å². The molecular weight excluding hydrogens is 256 g/mol. The summed E-state index contributed by atoms with van der Waals surface area (Å²) in [6.07, 6.45) is 3.11. The Morgan fingerprint density at radius 1 is 1.35 bits per heavy atom. The van der Waals surface area contributed by atoms with Gasteiger partial charge < -0.3 is 10.1 Å². The van der Waals surface area contributed by atoms with E-state index in [9.17, 15) is 10.1 Å². The third-order valence-electron chi connectivity index (χ3n) is 2.94. The molecule has 0 spiro atoms. The average Bonchev–Trinajstić information content (AvgIpc) is 2.35. The third-order valence-corrected chi connectivity index (χ3v) is 2.94. The van der Waals surface area contributed by atoms with Gasteiger partial charge in [-0.15, -0.1) is 0 Å². The Bertz CT molecular complexity index is 447. The molecule has 0 amide bonds. The highest BCUT2D eigenvalue weighted by atomic mass is 16.6. The van der Waals surface area contributed by atoms with Crippen LogP contribution in [0.3, 0.4) is 0 Å². The number of nitro benzene ring substituents is 1. The van der Waals surface area contributed by atoms with Gasteiger partial charge in [0.25, 0.3) is 0 Å². The molecule has 1 aromatic carbocycles. The lowest BCUT2D eigenvalue weighted by atomic mass is 10.1. The van der Waals surface area contributed by atoms with Crippen LogP contribution in [0.15, 0.2) is 18.2 Å². The van der Waals surface area contributed by atoms with Gasteiger partial charge >= 0.3 is 5.69 Å². The number of ether oxygens (including phenoxy) is 1. The Morgan fingerprint density at radius 3 is 2.60 bits per heavy atom. The van der Waals surface area contributed by atoms with Gasteiger partial charge in [0.1, 0.15) is 5.69 Å². The fourth-order valence-corrected chi connectivity index (χ4v) is 2.02. The van der Waals surface area contributed by atoms with E-state index in [1.54, 1.807) is 18.2 Å². The van der Waals surface area contributed by atoms with Crippen molar-refractivity contribution in [2.75, 3.05) is 5.32 Å². The van der Waals surface area contributed by atoms with E-state index in [-0.39, 0.29) is 22.8 Å². The maximum absolute atomic E-state index is 11.3. The summed E-state index contributed by atoms with van der Waals surface area (Å²) in [4.78, 5) is 10.9. The standard InChI is InChI=1S/C15H24N2O3/c1-5-6-8-12(4)16-13-9-7-10-14(20-11(2)3)15(13)17(18)19/h7,9-12,16H,5-6,8H2,1-4H3. The lowest BCUT2D eigenvalue weighted by Gasteiger charge is -2.17. The summed E-state index contributed by atoms with van der Waals surface area (Å²) in [5.41, 5.74) is 0.543. The zero-order valence-corrected chi connectivity index (χ0v) is 12.7. The van der Waals surface area contributed by atoms with Crippen molar-refractivity contribution >= 4 is 11.4 Å². The van der Waals surface area contributed by atoms with Crippen LogP contribution < -0.4 is 10.1 Å². The van der Waals surface area contributed by atoms with E-state index in [1.165, 1.54) is 0 Å². The molecule has 0 aromatic heterocycles. The monoisotopic (exact) mass is 280 g/mol. The van der Waals surface area contributed by atoms with E-state index < -0.39 is 0 Å². The van der Waals surface area contributed by atoms with Crippen LogP contribution >= 0.6 is 0 Å². The smallest absolute Gasteiger partial charge is 0.333 e. The SMILES string of the molecule is CCCCC(C)Nc1cccc(OC(C)C)c1[N+](=O)[O-]. The first-order chi connectivity index (χ1) is 9.45. The van der Waals surface area contributed by atoms with Crippen molar-refractivity contribution in [2.45, 2.75) is 59.1 Å². The van der Waals surface area contributed by atoms with Crippen LogP contribution in [0.1, 0.15) is 47.0 Å². The minimum atomic E-state index is -0.382. The molecule has 0 saturated heterocycles. The second-order valence-electron chi connectivity index (χ2n) is 5.26. The number of benzene rings is 1. The van der Waals surface area contributed by atoms with Gasteiger partial charge in [-0.05, 0) is 39.3 Å². The quantitative estimate of drug-likeness (QED) is 0.567. The Morgan fingerprint density at radius 2 is 2.05 bits per heavy atom. The number of nitrogens with one attached hydrogen (secondary N) is 1. The van der Waals surface area contributed by atoms with Crippen molar-refractivity contribution in [1.82, 2.24) is 0 Å². The van der Waals surface area contributed by atoms with Gasteiger partial charge in [0.05, 0.1) is 11.0 Å². The first-order valence-corrected chi connectivity index (χ1v) is 7.16. The van der Waals surface area contributed by atoms with Gasteiger partial charge in [0.2, 0.25) is 0 Å². The molecule has 5 heteroatoms. The average molecular weight is 280 g/mol. The Hall–Kier alpha value is -1.78. The number of unbranched alkanes of at least 4 members (excludes halogenated alkanes) is 1. The summed E-state index contributed by atoms with van der Waals surface area (Å²) < 4.78 is 5.53. The minimum absolute atomic E-state index is 0.0181. The second-order valence-corrected chi connectivity index (χ2v) is 5.26. The number of hydrogen-bond donors (Lipinski definition) is 1. The minimum Gasteiger partial charge on any atom is -0.484 e. The fraction of sp³-hybridized carbons (Fsp3) is 0.600. The molecule has 0 radical (unpaired) electrons. The van der Waals surface area contributed by atoms with Crippen molar-refractivity contribution in [3.63, 3.8) is 0 Å². The third kappa shape index (κ3) is 4.72. The van der Waals surface area contributed by atoms with Crippen LogP contribution in [-0.4, -0.2) is 17.1 Å². The van der Waals surface area contributed by atoms with E-state index in [2.05, 4.69) is 12.2 Å². The van der Waals surface area contributed by atoms with Gasteiger partial charge in [-0.1, -0.05) is 25.8 Å². The van der Waals surface area contributed by atoms with Gasteiger partial charge in [-0.2, -0.15) is 0 Å². The Kier molecular flexibility index (Phi) is 6.28. The number of anilines is 1.